The van der Waals surface area contributed by atoms with E-state index in [1.165, 1.54) is 18.2 Å². The Hall–Kier alpha value is -0.710. The third kappa shape index (κ3) is 2.37. The SMILES string of the molecule is CC1(C)C2CCC1(C)C(OC(=O)CCN1CCSC1=O)C2. The van der Waals surface area contributed by atoms with Gasteiger partial charge >= 0.3 is 5.97 Å². The molecule has 0 aromatic rings. The van der Waals surface area contributed by atoms with Gasteiger partial charge in [0.1, 0.15) is 6.10 Å². The molecule has 4 nitrogen and oxygen atoms in total. The van der Waals surface area contributed by atoms with Gasteiger partial charge in [0.05, 0.1) is 6.42 Å². The quantitative estimate of drug-likeness (QED) is 0.747. The minimum Gasteiger partial charge on any atom is -0.462 e. The Kier molecular flexibility index (Phi) is 3.75. The summed E-state index contributed by atoms with van der Waals surface area (Å²) >= 11 is 1.33. The number of amides is 1. The van der Waals surface area contributed by atoms with Crippen LogP contribution >= 0.6 is 11.8 Å². The van der Waals surface area contributed by atoms with Crippen molar-refractivity contribution >= 4 is 23.0 Å². The molecule has 0 aromatic carbocycles. The molecule has 21 heavy (non-hydrogen) atoms. The first kappa shape index (κ1) is 15.2. The molecule has 3 atom stereocenters. The summed E-state index contributed by atoms with van der Waals surface area (Å²) < 4.78 is 5.80. The average molecular weight is 311 g/mol. The Morgan fingerprint density at radius 2 is 2.19 bits per heavy atom. The molecule has 1 amide bonds. The average Bonchev–Trinajstić information content (AvgIpc) is 2.98. The van der Waals surface area contributed by atoms with Crippen molar-refractivity contribution in [1.29, 1.82) is 0 Å². The highest BCUT2D eigenvalue weighted by Crippen LogP contribution is 2.66. The highest BCUT2D eigenvalue weighted by atomic mass is 32.2. The molecule has 2 aliphatic carbocycles. The fourth-order valence-electron chi connectivity index (χ4n) is 4.38. The second kappa shape index (κ2) is 5.18. The van der Waals surface area contributed by atoms with Crippen molar-refractivity contribution < 1.29 is 14.3 Å². The molecular weight excluding hydrogens is 286 g/mol. The number of rotatable bonds is 4. The van der Waals surface area contributed by atoms with Gasteiger partial charge in [-0.3, -0.25) is 9.59 Å². The number of hydrogen-bond donors (Lipinski definition) is 0. The predicted molar refractivity (Wildman–Crippen MR) is 83.2 cm³/mol. The predicted octanol–water partition coefficient (Wildman–Crippen LogP) is 3.30. The largest absolute Gasteiger partial charge is 0.462 e. The molecule has 118 valence electrons. The van der Waals surface area contributed by atoms with Crippen molar-refractivity contribution in [2.75, 3.05) is 18.8 Å². The minimum absolute atomic E-state index is 0.0578. The van der Waals surface area contributed by atoms with Gasteiger partial charge in [0.15, 0.2) is 0 Å². The Balaban J connectivity index is 1.53. The maximum Gasteiger partial charge on any atom is 0.307 e. The number of thioether (sulfide) groups is 1. The van der Waals surface area contributed by atoms with Crippen LogP contribution in [0.1, 0.15) is 46.5 Å². The fraction of sp³-hybridized carbons (Fsp3) is 0.875. The van der Waals surface area contributed by atoms with Crippen LogP contribution in [-0.2, 0) is 9.53 Å². The fourth-order valence-corrected chi connectivity index (χ4v) is 5.23. The number of esters is 1. The Morgan fingerprint density at radius 1 is 1.43 bits per heavy atom. The van der Waals surface area contributed by atoms with Gasteiger partial charge in [-0.15, -0.1) is 0 Å². The lowest BCUT2D eigenvalue weighted by Gasteiger charge is -2.38. The van der Waals surface area contributed by atoms with E-state index >= 15 is 0 Å². The van der Waals surface area contributed by atoms with Crippen LogP contribution in [0.3, 0.4) is 0 Å². The first-order valence-corrected chi connectivity index (χ1v) is 8.94. The summed E-state index contributed by atoms with van der Waals surface area (Å²) in [7, 11) is 0. The molecule has 3 rings (SSSR count). The molecular formula is C16H25NO3S. The van der Waals surface area contributed by atoms with Crippen LogP contribution in [0.15, 0.2) is 0 Å². The number of ether oxygens (including phenoxy) is 1. The normalized spacial score (nSPS) is 37.3. The maximum absolute atomic E-state index is 12.1. The summed E-state index contributed by atoms with van der Waals surface area (Å²) in [6.07, 6.45) is 3.81. The van der Waals surface area contributed by atoms with Crippen molar-refractivity contribution in [3.8, 4) is 0 Å². The van der Waals surface area contributed by atoms with Crippen LogP contribution in [0.5, 0.6) is 0 Å². The van der Waals surface area contributed by atoms with Crippen molar-refractivity contribution in [1.82, 2.24) is 4.90 Å². The summed E-state index contributed by atoms with van der Waals surface area (Å²) in [5, 5.41) is 0.0934. The van der Waals surface area contributed by atoms with Crippen LogP contribution in [0, 0.1) is 16.7 Å². The monoisotopic (exact) mass is 311 g/mol. The Morgan fingerprint density at radius 3 is 2.71 bits per heavy atom. The van der Waals surface area contributed by atoms with Crippen LogP contribution < -0.4 is 0 Å². The Bertz CT molecular complexity index is 464. The molecule has 2 saturated carbocycles. The standard InChI is InChI=1S/C16H25NO3S/c1-15(2)11-4-6-16(15,3)12(10-11)20-13(18)5-7-17-8-9-21-14(17)19/h11-12H,4-10H2,1-3H3. The second-order valence-corrected chi connectivity index (χ2v) is 8.49. The lowest BCUT2D eigenvalue weighted by atomic mass is 9.70. The summed E-state index contributed by atoms with van der Waals surface area (Å²) in [6.45, 7) is 8.17. The number of hydrogen-bond acceptors (Lipinski definition) is 4. The van der Waals surface area contributed by atoms with Crippen LogP contribution in [-0.4, -0.2) is 41.1 Å². The molecule has 1 heterocycles. The zero-order chi connectivity index (χ0) is 15.3. The molecule has 3 unspecified atom stereocenters. The number of carbonyl (C=O) groups excluding carboxylic acids is 2. The van der Waals surface area contributed by atoms with Gasteiger partial charge in [0.25, 0.3) is 5.24 Å². The summed E-state index contributed by atoms with van der Waals surface area (Å²) in [6, 6.07) is 0. The van der Waals surface area contributed by atoms with Gasteiger partial charge in [0.2, 0.25) is 0 Å². The van der Waals surface area contributed by atoms with Crippen LogP contribution in [0.25, 0.3) is 0 Å². The van der Waals surface area contributed by atoms with E-state index in [4.69, 9.17) is 4.74 Å². The van der Waals surface area contributed by atoms with Gasteiger partial charge in [-0.1, -0.05) is 32.5 Å². The van der Waals surface area contributed by atoms with E-state index in [2.05, 4.69) is 20.8 Å². The highest BCUT2D eigenvalue weighted by Gasteiger charge is 2.62. The molecule has 1 saturated heterocycles. The van der Waals surface area contributed by atoms with Crippen molar-refractivity contribution in [2.45, 2.75) is 52.6 Å². The number of nitrogens with zero attached hydrogens (tertiary/aromatic N) is 1. The Labute approximate surface area is 131 Å². The molecule has 0 aromatic heterocycles. The molecule has 1 aliphatic heterocycles. The van der Waals surface area contributed by atoms with Crippen LogP contribution in [0.2, 0.25) is 0 Å². The van der Waals surface area contributed by atoms with E-state index in [-0.39, 0.29) is 28.1 Å². The van der Waals surface area contributed by atoms with Gasteiger partial charge in [-0.05, 0) is 30.6 Å². The van der Waals surface area contributed by atoms with E-state index in [0.29, 0.717) is 18.9 Å². The van der Waals surface area contributed by atoms with Gasteiger partial charge in [0, 0.05) is 24.3 Å². The third-order valence-electron chi connectivity index (χ3n) is 6.42. The molecule has 3 fully saturated rings. The summed E-state index contributed by atoms with van der Waals surface area (Å²) in [5.74, 6) is 1.37. The maximum atomic E-state index is 12.1. The molecule has 0 N–H and O–H groups in total. The van der Waals surface area contributed by atoms with Gasteiger partial charge < -0.3 is 9.64 Å². The van der Waals surface area contributed by atoms with E-state index in [1.54, 1.807) is 4.90 Å². The highest BCUT2D eigenvalue weighted by molar-refractivity contribution is 8.13. The molecule has 0 spiro atoms. The van der Waals surface area contributed by atoms with Crippen molar-refractivity contribution in [3.05, 3.63) is 0 Å². The van der Waals surface area contributed by atoms with Crippen molar-refractivity contribution in [3.63, 3.8) is 0 Å². The molecule has 0 radical (unpaired) electrons. The molecule has 2 bridgehead atoms. The molecule has 3 aliphatic rings. The second-order valence-electron chi connectivity index (χ2n) is 7.44. The first-order valence-electron chi connectivity index (χ1n) is 7.96. The van der Waals surface area contributed by atoms with E-state index in [0.717, 1.165) is 25.1 Å². The van der Waals surface area contributed by atoms with Crippen LogP contribution in [0.4, 0.5) is 4.79 Å². The first-order chi connectivity index (χ1) is 9.84. The van der Waals surface area contributed by atoms with Crippen molar-refractivity contribution in [2.24, 2.45) is 16.7 Å². The smallest absolute Gasteiger partial charge is 0.307 e. The lowest BCUT2D eigenvalue weighted by molar-refractivity contribution is -0.157. The zero-order valence-electron chi connectivity index (χ0n) is 13.2. The summed E-state index contributed by atoms with van der Waals surface area (Å²) in [4.78, 5) is 25.4. The van der Waals surface area contributed by atoms with Gasteiger partial charge in [-0.25, -0.2) is 0 Å². The zero-order valence-corrected chi connectivity index (χ0v) is 14.0. The molecule has 5 heteroatoms. The van der Waals surface area contributed by atoms with E-state index in [9.17, 15) is 9.59 Å². The number of fused-ring (bicyclic) bond motifs is 2. The van der Waals surface area contributed by atoms with E-state index < -0.39 is 0 Å². The topological polar surface area (TPSA) is 46.6 Å². The minimum atomic E-state index is -0.144. The lowest BCUT2D eigenvalue weighted by Crippen LogP contribution is -2.38. The summed E-state index contributed by atoms with van der Waals surface area (Å²) in [5.41, 5.74) is 0.381. The van der Waals surface area contributed by atoms with Gasteiger partial charge in [-0.2, -0.15) is 0 Å². The third-order valence-corrected chi connectivity index (χ3v) is 7.31. The van der Waals surface area contributed by atoms with E-state index in [1.807, 2.05) is 0 Å². The number of carbonyl (C=O) groups is 2.